The van der Waals surface area contributed by atoms with Gasteiger partial charge in [0.05, 0.1) is 6.42 Å². The molecule has 26 heavy (non-hydrogen) atoms. The Morgan fingerprint density at radius 3 is 2.69 bits per heavy atom. The van der Waals surface area contributed by atoms with Crippen molar-refractivity contribution in [1.29, 1.82) is 0 Å². The molecule has 0 saturated carbocycles. The fourth-order valence-electron chi connectivity index (χ4n) is 2.54. The van der Waals surface area contributed by atoms with E-state index in [0.29, 0.717) is 24.5 Å². The molecule has 1 heterocycles. The predicted octanol–water partition coefficient (Wildman–Crippen LogP) is 4.40. The molecule has 1 aromatic heterocycles. The zero-order chi connectivity index (χ0) is 18.4. The van der Waals surface area contributed by atoms with E-state index in [4.69, 9.17) is 4.42 Å². The van der Waals surface area contributed by atoms with Crippen molar-refractivity contribution in [2.45, 2.75) is 31.6 Å². The van der Waals surface area contributed by atoms with Crippen LogP contribution in [0, 0.1) is 13.8 Å². The number of carbonyl (C=O) groups excluding carboxylic acids is 1. The lowest BCUT2D eigenvalue weighted by Crippen LogP contribution is -2.12. The van der Waals surface area contributed by atoms with E-state index in [0.717, 1.165) is 10.5 Å². The van der Waals surface area contributed by atoms with Gasteiger partial charge < -0.3 is 4.42 Å². The molecular weight excluding hydrogens is 346 g/mol. The number of hydrogen-bond acceptors (Lipinski definition) is 5. The third kappa shape index (κ3) is 5.20. The van der Waals surface area contributed by atoms with Gasteiger partial charge >= 0.3 is 6.01 Å². The zero-order valence-corrected chi connectivity index (χ0v) is 15.7. The fourth-order valence-corrected chi connectivity index (χ4v) is 3.42. The van der Waals surface area contributed by atoms with E-state index in [1.807, 2.05) is 30.3 Å². The Kier molecular flexibility index (Phi) is 6.07. The van der Waals surface area contributed by atoms with E-state index in [1.54, 1.807) is 11.8 Å². The number of anilines is 1. The first kappa shape index (κ1) is 18.2. The minimum Gasteiger partial charge on any atom is -0.407 e. The molecule has 0 aliphatic rings. The Hall–Kier alpha value is -2.60. The number of nitrogens with zero attached hydrogens (tertiary/aromatic N) is 2. The van der Waals surface area contributed by atoms with Crippen molar-refractivity contribution in [3.63, 3.8) is 0 Å². The molecule has 1 N–H and O–H groups in total. The molecular formula is C20H21N3O2S. The first-order valence-electron chi connectivity index (χ1n) is 8.46. The number of benzene rings is 2. The van der Waals surface area contributed by atoms with Gasteiger partial charge in [-0.3, -0.25) is 10.1 Å². The summed E-state index contributed by atoms with van der Waals surface area (Å²) in [5, 5.41) is 10.6. The lowest BCUT2D eigenvalue weighted by molar-refractivity contribution is -0.115. The summed E-state index contributed by atoms with van der Waals surface area (Å²) in [5.41, 5.74) is 3.54. The average Bonchev–Trinajstić information content (AvgIpc) is 3.05. The molecule has 5 nitrogen and oxygen atoms in total. The highest BCUT2D eigenvalue weighted by atomic mass is 32.2. The summed E-state index contributed by atoms with van der Waals surface area (Å²) in [6.45, 7) is 4.12. The normalized spacial score (nSPS) is 10.7. The number of thioether (sulfide) groups is 1. The number of rotatable bonds is 7. The van der Waals surface area contributed by atoms with Crippen LogP contribution in [0.2, 0.25) is 0 Å². The molecule has 0 atom stereocenters. The van der Waals surface area contributed by atoms with Crippen LogP contribution in [-0.4, -0.2) is 21.9 Å². The maximum Gasteiger partial charge on any atom is 0.322 e. The second-order valence-electron chi connectivity index (χ2n) is 6.07. The van der Waals surface area contributed by atoms with Crippen LogP contribution in [0.15, 0.2) is 57.8 Å². The summed E-state index contributed by atoms with van der Waals surface area (Å²) in [6.07, 6.45) is 0.938. The lowest BCUT2D eigenvalue weighted by Gasteiger charge is -2.04. The Labute approximate surface area is 157 Å². The fraction of sp³-hybridized carbons (Fsp3) is 0.250. The van der Waals surface area contributed by atoms with E-state index in [9.17, 15) is 4.79 Å². The van der Waals surface area contributed by atoms with Crippen molar-refractivity contribution in [2.24, 2.45) is 0 Å². The first-order chi connectivity index (χ1) is 12.6. The molecule has 0 radical (unpaired) electrons. The van der Waals surface area contributed by atoms with Gasteiger partial charge in [0.1, 0.15) is 0 Å². The zero-order valence-electron chi connectivity index (χ0n) is 14.9. The van der Waals surface area contributed by atoms with Crippen molar-refractivity contribution in [3.05, 3.63) is 71.1 Å². The molecule has 3 rings (SSSR count). The maximum absolute atomic E-state index is 12.0. The monoisotopic (exact) mass is 367 g/mol. The van der Waals surface area contributed by atoms with Crippen LogP contribution in [0.1, 0.15) is 29.0 Å². The van der Waals surface area contributed by atoms with Gasteiger partial charge in [-0.2, -0.15) is 0 Å². The highest BCUT2D eigenvalue weighted by Crippen LogP contribution is 2.19. The molecule has 0 saturated heterocycles. The van der Waals surface area contributed by atoms with Crippen molar-refractivity contribution < 1.29 is 9.21 Å². The van der Waals surface area contributed by atoms with E-state index in [1.165, 1.54) is 11.1 Å². The Morgan fingerprint density at radius 1 is 1.12 bits per heavy atom. The lowest BCUT2D eigenvalue weighted by atomic mass is 10.0. The van der Waals surface area contributed by atoms with Crippen LogP contribution in [0.25, 0.3) is 0 Å². The molecule has 0 bridgehead atoms. The molecule has 2 aromatic carbocycles. The van der Waals surface area contributed by atoms with Crippen LogP contribution in [0.4, 0.5) is 6.01 Å². The SMILES string of the molecule is Cc1ccc(Cc2nnc(NC(=O)CCSc3ccccc3)o2)c(C)c1. The minimum absolute atomic E-state index is 0.129. The summed E-state index contributed by atoms with van der Waals surface area (Å²) in [4.78, 5) is 13.2. The number of hydrogen-bond donors (Lipinski definition) is 1. The van der Waals surface area contributed by atoms with Gasteiger partial charge in [-0.15, -0.1) is 16.9 Å². The van der Waals surface area contributed by atoms with Crippen molar-refractivity contribution in [2.75, 3.05) is 11.1 Å². The molecule has 0 aliphatic heterocycles. The van der Waals surface area contributed by atoms with E-state index in [-0.39, 0.29) is 11.9 Å². The summed E-state index contributed by atoms with van der Waals surface area (Å²) >= 11 is 1.64. The van der Waals surface area contributed by atoms with Gasteiger partial charge in [0, 0.05) is 17.1 Å². The number of aryl methyl sites for hydroxylation is 2. The minimum atomic E-state index is -0.129. The van der Waals surface area contributed by atoms with Crippen LogP contribution in [0.5, 0.6) is 0 Å². The highest BCUT2D eigenvalue weighted by molar-refractivity contribution is 7.99. The quantitative estimate of drug-likeness (QED) is 0.627. The number of carbonyl (C=O) groups is 1. The van der Waals surface area contributed by atoms with E-state index in [2.05, 4.69) is 47.6 Å². The second-order valence-corrected chi connectivity index (χ2v) is 7.24. The molecule has 0 spiro atoms. The van der Waals surface area contributed by atoms with Crippen LogP contribution in [0.3, 0.4) is 0 Å². The Bertz CT molecular complexity index is 878. The summed E-state index contributed by atoms with van der Waals surface area (Å²) in [7, 11) is 0. The van der Waals surface area contributed by atoms with Gasteiger partial charge in [0.25, 0.3) is 0 Å². The molecule has 0 aliphatic carbocycles. The average molecular weight is 367 g/mol. The van der Waals surface area contributed by atoms with Crippen molar-refractivity contribution >= 4 is 23.7 Å². The van der Waals surface area contributed by atoms with Gasteiger partial charge in [-0.1, -0.05) is 47.1 Å². The van der Waals surface area contributed by atoms with Crippen LogP contribution in [-0.2, 0) is 11.2 Å². The highest BCUT2D eigenvalue weighted by Gasteiger charge is 2.11. The van der Waals surface area contributed by atoms with Gasteiger partial charge in [-0.05, 0) is 37.1 Å². The molecule has 1 amide bonds. The number of nitrogens with one attached hydrogen (secondary N) is 1. The van der Waals surface area contributed by atoms with E-state index >= 15 is 0 Å². The van der Waals surface area contributed by atoms with Crippen LogP contribution < -0.4 is 5.32 Å². The van der Waals surface area contributed by atoms with Crippen molar-refractivity contribution in [1.82, 2.24) is 10.2 Å². The smallest absolute Gasteiger partial charge is 0.322 e. The van der Waals surface area contributed by atoms with Crippen molar-refractivity contribution in [3.8, 4) is 0 Å². The van der Waals surface area contributed by atoms with Gasteiger partial charge in [-0.25, -0.2) is 0 Å². The maximum atomic E-state index is 12.0. The Morgan fingerprint density at radius 2 is 1.92 bits per heavy atom. The second kappa shape index (κ2) is 8.67. The predicted molar refractivity (Wildman–Crippen MR) is 103 cm³/mol. The number of aromatic nitrogens is 2. The Balaban J connectivity index is 1.49. The molecule has 3 aromatic rings. The summed E-state index contributed by atoms with van der Waals surface area (Å²) in [6, 6.07) is 16.4. The standard InChI is InChI=1S/C20H21N3O2S/c1-14-8-9-16(15(2)12-14)13-19-22-23-20(25-19)21-18(24)10-11-26-17-6-4-3-5-7-17/h3-9,12H,10-11,13H2,1-2H3,(H,21,23,24). The molecule has 134 valence electrons. The summed E-state index contributed by atoms with van der Waals surface area (Å²) < 4.78 is 5.55. The molecule has 0 fully saturated rings. The van der Waals surface area contributed by atoms with Crippen LogP contribution >= 0.6 is 11.8 Å². The van der Waals surface area contributed by atoms with Gasteiger partial charge in [0.15, 0.2) is 0 Å². The topological polar surface area (TPSA) is 68.0 Å². The third-order valence-corrected chi connectivity index (χ3v) is 4.91. The first-order valence-corrected chi connectivity index (χ1v) is 9.45. The largest absolute Gasteiger partial charge is 0.407 e. The number of amides is 1. The van der Waals surface area contributed by atoms with E-state index < -0.39 is 0 Å². The molecule has 0 unspecified atom stereocenters. The molecule has 6 heteroatoms. The summed E-state index contributed by atoms with van der Waals surface area (Å²) in [5.74, 6) is 1.06. The van der Waals surface area contributed by atoms with Gasteiger partial charge in [0.2, 0.25) is 11.8 Å². The third-order valence-electron chi connectivity index (χ3n) is 3.89.